The molecule has 1 fully saturated rings. The number of methoxy groups -OCH3 is 1. The smallest absolute Gasteiger partial charge is 0.380 e. The van der Waals surface area contributed by atoms with Gasteiger partial charge in [0.15, 0.2) is 0 Å². The molecule has 2 unspecified atom stereocenters. The molecule has 0 aromatic rings. The Kier molecular flexibility index (Phi) is 4.76. The molecule has 1 aliphatic rings. The molecule has 0 bridgehead atoms. The quantitative estimate of drug-likeness (QED) is 0.806. The predicted molar refractivity (Wildman–Crippen MR) is 55.5 cm³/mol. The van der Waals surface area contributed by atoms with Gasteiger partial charge in [-0.2, -0.15) is 13.2 Å². The summed E-state index contributed by atoms with van der Waals surface area (Å²) in [6, 6.07) is -0.567. The first-order valence-corrected chi connectivity index (χ1v) is 5.49. The fraction of sp³-hybridized carbons (Fsp3) is 0.900. The molecule has 1 aliphatic heterocycles. The van der Waals surface area contributed by atoms with E-state index in [9.17, 15) is 18.0 Å². The van der Waals surface area contributed by atoms with Gasteiger partial charge in [0, 0.05) is 20.2 Å². The van der Waals surface area contributed by atoms with Crippen LogP contribution in [0.15, 0.2) is 0 Å². The Hall–Kier alpha value is -0.820. The monoisotopic (exact) mass is 254 g/mol. The Balaban J connectivity index is 2.55. The van der Waals surface area contributed by atoms with Crippen LogP contribution in [0.2, 0.25) is 0 Å². The molecule has 17 heavy (non-hydrogen) atoms. The number of carbonyl (C=O) groups is 1. The molecule has 1 amide bonds. The molecule has 0 aliphatic carbocycles. The molecular weight excluding hydrogens is 237 g/mol. The van der Waals surface area contributed by atoms with Crippen LogP contribution in [0.5, 0.6) is 0 Å². The molecule has 0 spiro atoms. The first-order valence-electron chi connectivity index (χ1n) is 5.49. The van der Waals surface area contributed by atoms with E-state index in [1.807, 2.05) is 0 Å². The summed E-state index contributed by atoms with van der Waals surface area (Å²) in [6.07, 6.45) is -4.04. The van der Waals surface area contributed by atoms with Crippen molar-refractivity contribution in [1.82, 2.24) is 10.2 Å². The van der Waals surface area contributed by atoms with Gasteiger partial charge in [0.25, 0.3) is 0 Å². The summed E-state index contributed by atoms with van der Waals surface area (Å²) in [5.74, 6) is -0.510. The predicted octanol–water partition coefficient (Wildman–Crippen LogP) is 0.774. The molecule has 1 N–H and O–H groups in total. The zero-order valence-corrected chi connectivity index (χ0v) is 9.88. The number of nitrogens with zero attached hydrogens (tertiary/aromatic N) is 1. The van der Waals surface area contributed by atoms with Gasteiger partial charge in [-0.3, -0.25) is 4.79 Å². The van der Waals surface area contributed by atoms with Gasteiger partial charge in [-0.1, -0.05) is 0 Å². The highest BCUT2D eigenvalue weighted by molar-refractivity contribution is 5.82. The number of amides is 1. The van der Waals surface area contributed by atoms with Crippen molar-refractivity contribution in [1.29, 1.82) is 0 Å². The van der Waals surface area contributed by atoms with E-state index in [1.54, 1.807) is 0 Å². The van der Waals surface area contributed by atoms with Crippen LogP contribution in [0, 0.1) is 0 Å². The standard InChI is InChI=1S/C10H17F3N2O2/c1-3-15(6-10(11,12)13)9(16)8-4-7(17-2)5-14-8/h7-8,14H,3-6H2,1-2H3. The molecule has 1 rings (SSSR count). The minimum absolute atomic E-state index is 0.0498. The second-order valence-electron chi connectivity index (χ2n) is 4.02. The molecule has 1 saturated heterocycles. The van der Waals surface area contributed by atoms with Crippen molar-refractivity contribution < 1.29 is 22.7 Å². The lowest BCUT2D eigenvalue weighted by Crippen LogP contribution is -2.47. The summed E-state index contributed by atoms with van der Waals surface area (Å²) in [6.45, 7) is 0.884. The molecule has 0 aromatic carbocycles. The van der Waals surface area contributed by atoms with E-state index in [1.165, 1.54) is 14.0 Å². The zero-order chi connectivity index (χ0) is 13.1. The van der Waals surface area contributed by atoms with Gasteiger partial charge in [-0.15, -0.1) is 0 Å². The molecule has 0 radical (unpaired) electrons. The highest BCUT2D eigenvalue weighted by Gasteiger charge is 2.37. The van der Waals surface area contributed by atoms with Gasteiger partial charge in [-0.05, 0) is 13.3 Å². The van der Waals surface area contributed by atoms with Gasteiger partial charge in [0.1, 0.15) is 6.54 Å². The maximum absolute atomic E-state index is 12.2. The van der Waals surface area contributed by atoms with E-state index in [4.69, 9.17) is 4.74 Å². The Morgan fingerprint density at radius 2 is 2.18 bits per heavy atom. The number of ether oxygens (including phenoxy) is 1. The topological polar surface area (TPSA) is 41.6 Å². The van der Waals surface area contributed by atoms with Crippen LogP contribution in [-0.2, 0) is 9.53 Å². The highest BCUT2D eigenvalue weighted by Crippen LogP contribution is 2.19. The van der Waals surface area contributed by atoms with Crippen LogP contribution < -0.4 is 5.32 Å². The second-order valence-corrected chi connectivity index (χ2v) is 4.02. The highest BCUT2D eigenvalue weighted by atomic mass is 19.4. The van der Waals surface area contributed by atoms with E-state index < -0.39 is 24.7 Å². The van der Waals surface area contributed by atoms with Crippen molar-refractivity contribution in [3.8, 4) is 0 Å². The Bertz CT molecular complexity index is 271. The second kappa shape index (κ2) is 5.68. The molecule has 100 valence electrons. The van der Waals surface area contributed by atoms with Crippen LogP contribution in [0.25, 0.3) is 0 Å². The first-order chi connectivity index (χ1) is 7.87. The number of hydrogen-bond donors (Lipinski definition) is 1. The zero-order valence-electron chi connectivity index (χ0n) is 9.88. The van der Waals surface area contributed by atoms with Crippen molar-refractivity contribution in [3.63, 3.8) is 0 Å². The van der Waals surface area contributed by atoms with Crippen molar-refractivity contribution in [2.24, 2.45) is 0 Å². The van der Waals surface area contributed by atoms with Gasteiger partial charge in [0.2, 0.25) is 5.91 Å². The third-order valence-electron chi connectivity index (χ3n) is 2.79. The lowest BCUT2D eigenvalue weighted by Gasteiger charge is -2.25. The number of rotatable bonds is 4. The van der Waals surface area contributed by atoms with Crippen molar-refractivity contribution in [2.45, 2.75) is 31.7 Å². The van der Waals surface area contributed by atoms with Crippen molar-refractivity contribution in [3.05, 3.63) is 0 Å². The first kappa shape index (κ1) is 14.2. The summed E-state index contributed by atoms with van der Waals surface area (Å²) in [5.41, 5.74) is 0. The van der Waals surface area contributed by atoms with Gasteiger partial charge in [-0.25, -0.2) is 0 Å². The molecule has 1 heterocycles. The van der Waals surface area contributed by atoms with E-state index >= 15 is 0 Å². The van der Waals surface area contributed by atoms with Crippen LogP contribution in [0.3, 0.4) is 0 Å². The van der Waals surface area contributed by atoms with Crippen LogP contribution >= 0.6 is 0 Å². The SMILES string of the molecule is CCN(CC(F)(F)F)C(=O)C1CC(OC)CN1. The van der Waals surface area contributed by atoms with Gasteiger partial charge < -0.3 is 15.0 Å². The summed E-state index contributed by atoms with van der Waals surface area (Å²) in [7, 11) is 1.52. The van der Waals surface area contributed by atoms with E-state index in [0.717, 1.165) is 4.90 Å². The van der Waals surface area contributed by atoms with Crippen molar-refractivity contribution >= 4 is 5.91 Å². The van der Waals surface area contributed by atoms with Crippen molar-refractivity contribution in [2.75, 3.05) is 26.7 Å². The number of likely N-dealkylation sites (N-methyl/N-ethyl adjacent to an activating group) is 1. The minimum Gasteiger partial charge on any atom is -0.380 e. The average molecular weight is 254 g/mol. The van der Waals surface area contributed by atoms with Crippen LogP contribution in [0.4, 0.5) is 13.2 Å². The molecule has 7 heteroatoms. The molecule has 0 saturated carbocycles. The summed E-state index contributed by atoms with van der Waals surface area (Å²) >= 11 is 0. The number of carbonyl (C=O) groups excluding carboxylic acids is 1. The normalized spacial score (nSPS) is 25.0. The lowest BCUT2D eigenvalue weighted by molar-refractivity contribution is -0.161. The largest absolute Gasteiger partial charge is 0.406 e. The van der Waals surface area contributed by atoms with Gasteiger partial charge >= 0.3 is 6.18 Å². The molecule has 2 atom stereocenters. The maximum Gasteiger partial charge on any atom is 0.406 e. The minimum atomic E-state index is -4.36. The Labute approximate surface area is 98.1 Å². The fourth-order valence-electron chi connectivity index (χ4n) is 1.85. The number of nitrogens with one attached hydrogen (secondary N) is 1. The number of hydrogen-bond acceptors (Lipinski definition) is 3. The molecular formula is C10H17F3N2O2. The maximum atomic E-state index is 12.2. The van der Waals surface area contributed by atoms with Gasteiger partial charge in [0.05, 0.1) is 12.1 Å². The summed E-state index contributed by atoms with van der Waals surface area (Å²) < 4.78 is 41.8. The summed E-state index contributed by atoms with van der Waals surface area (Å²) in [4.78, 5) is 12.6. The number of halogens is 3. The van der Waals surface area contributed by atoms with E-state index in [-0.39, 0.29) is 12.6 Å². The molecule has 0 aromatic heterocycles. The Morgan fingerprint density at radius 3 is 2.59 bits per heavy atom. The molecule has 4 nitrogen and oxygen atoms in total. The third kappa shape index (κ3) is 4.16. The van der Waals surface area contributed by atoms with Crippen LogP contribution in [0.1, 0.15) is 13.3 Å². The number of alkyl halides is 3. The van der Waals surface area contributed by atoms with E-state index in [2.05, 4.69) is 5.32 Å². The van der Waals surface area contributed by atoms with E-state index in [0.29, 0.717) is 13.0 Å². The summed E-state index contributed by atoms with van der Waals surface area (Å²) in [5, 5.41) is 2.87. The third-order valence-corrected chi connectivity index (χ3v) is 2.79. The lowest BCUT2D eigenvalue weighted by atomic mass is 10.2. The fourth-order valence-corrected chi connectivity index (χ4v) is 1.85. The Morgan fingerprint density at radius 1 is 1.53 bits per heavy atom. The van der Waals surface area contributed by atoms with Crippen LogP contribution in [-0.4, -0.2) is 55.9 Å². The average Bonchev–Trinajstić information content (AvgIpc) is 2.72.